The van der Waals surface area contributed by atoms with Gasteiger partial charge in [0.05, 0.1) is 6.61 Å². The van der Waals surface area contributed by atoms with Crippen molar-refractivity contribution in [2.24, 2.45) is 0 Å². The van der Waals surface area contributed by atoms with Gasteiger partial charge in [-0.3, -0.25) is 0 Å². The summed E-state index contributed by atoms with van der Waals surface area (Å²) < 4.78 is 6.09. The van der Waals surface area contributed by atoms with Crippen LogP contribution in [0.4, 0.5) is 0 Å². The van der Waals surface area contributed by atoms with Crippen LogP contribution in [-0.4, -0.2) is 18.5 Å². The summed E-state index contributed by atoms with van der Waals surface area (Å²) >= 11 is 0. The molecular formula is C23H32O3. The van der Waals surface area contributed by atoms with E-state index in [1.807, 2.05) is 0 Å². The molecule has 0 amide bonds. The van der Waals surface area contributed by atoms with Gasteiger partial charge in [0.15, 0.2) is 0 Å². The third-order valence-electron chi connectivity index (χ3n) is 6.43. The van der Waals surface area contributed by atoms with E-state index in [-0.39, 0.29) is 6.10 Å². The first-order valence-corrected chi connectivity index (χ1v) is 10.5. The van der Waals surface area contributed by atoms with E-state index in [0.717, 1.165) is 42.7 Å². The van der Waals surface area contributed by atoms with Crippen molar-refractivity contribution in [3.63, 3.8) is 0 Å². The predicted octanol–water partition coefficient (Wildman–Crippen LogP) is 6.15. The standard InChI is InChI=1S/C23H32O3/c1-18(22-17-24-23(26-25-22)15-7-4-8-16-23)19-11-13-21(14-12-19)20-9-5-2-3-6-10-20/h11-14,20,22H,1-10,15-17H2. The first kappa shape index (κ1) is 18.2. The normalized spacial score (nSPS) is 27.2. The molecule has 142 valence electrons. The Morgan fingerprint density at radius 2 is 1.54 bits per heavy atom. The number of hydrogen-bond acceptors (Lipinski definition) is 3. The Hall–Kier alpha value is -1.16. The quantitative estimate of drug-likeness (QED) is 0.480. The maximum absolute atomic E-state index is 6.09. The van der Waals surface area contributed by atoms with E-state index in [2.05, 4.69) is 30.8 Å². The van der Waals surface area contributed by atoms with Crippen LogP contribution < -0.4 is 0 Å². The second-order valence-electron chi connectivity index (χ2n) is 8.29. The molecule has 1 unspecified atom stereocenters. The molecule has 1 saturated heterocycles. The second kappa shape index (κ2) is 8.24. The summed E-state index contributed by atoms with van der Waals surface area (Å²) in [5.41, 5.74) is 3.55. The van der Waals surface area contributed by atoms with Crippen molar-refractivity contribution >= 4 is 5.57 Å². The van der Waals surface area contributed by atoms with Gasteiger partial charge in [-0.1, -0.05) is 62.9 Å². The van der Waals surface area contributed by atoms with Crippen molar-refractivity contribution in [1.82, 2.24) is 0 Å². The molecule has 1 aliphatic heterocycles. The van der Waals surface area contributed by atoms with Gasteiger partial charge >= 0.3 is 0 Å². The third-order valence-corrected chi connectivity index (χ3v) is 6.43. The SMILES string of the molecule is C=C(c1ccc(C2CCCCCC2)cc1)C1COC2(CCCCC2)OO1. The van der Waals surface area contributed by atoms with Crippen LogP contribution in [0.1, 0.15) is 87.7 Å². The average Bonchev–Trinajstić information content (AvgIpc) is 2.98. The van der Waals surface area contributed by atoms with Gasteiger partial charge in [-0.2, -0.15) is 0 Å². The summed E-state index contributed by atoms with van der Waals surface area (Å²) in [6, 6.07) is 8.95. The minimum atomic E-state index is -0.502. The lowest BCUT2D eigenvalue weighted by molar-refractivity contribution is -0.483. The third kappa shape index (κ3) is 4.05. The molecule has 3 heteroatoms. The lowest BCUT2D eigenvalue weighted by Gasteiger charge is -2.41. The average molecular weight is 357 g/mol. The second-order valence-corrected chi connectivity index (χ2v) is 8.29. The monoisotopic (exact) mass is 356 g/mol. The molecule has 0 N–H and O–H groups in total. The van der Waals surface area contributed by atoms with Crippen molar-refractivity contribution in [2.75, 3.05) is 6.61 Å². The van der Waals surface area contributed by atoms with Crippen molar-refractivity contribution in [1.29, 1.82) is 0 Å². The molecule has 0 aromatic heterocycles. The predicted molar refractivity (Wildman–Crippen MR) is 104 cm³/mol. The van der Waals surface area contributed by atoms with Gasteiger partial charge in [-0.25, -0.2) is 9.78 Å². The lowest BCUT2D eigenvalue weighted by Crippen LogP contribution is -2.46. The number of rotatable bonds is 3. The van der Waals surface area contributed by atoms with Crippen LogP contribution in [0.25, 0.3) is 5.57 Å². The van der Waals surface area contributed by atoms with Crippen molar-refractivity contribution in [2.45, 2.75) is 88.4 Å². The highest BCUT2D eigenvalue weighted by Crippen LogP contribution is 2.38. The van der Waals surface area contributed by atoms with Crippen LogP contribution in [-0.2, 0) is 14.5 Å². The van der Waals surface area contributed by atoms with Crippen LogP contribution >= 0.6 is 0 Å². The van der Waals surface area contributed by atoms with Gasteiger partial charge in [0.25, 0.3) is 0 Å². The number of ether oxygens (including phenoxy) is 1. The smallest absolute Gasteiger partial charge is 0.201 e. The molecule has 3 aliphatic rings. The maximum Gasteiger partial charge on any atom is 0.201 e. The number of benzene rings is 1. The van der Waals surface area contributed by atoms with Gasteiger partial charge in [-0.05, 0) is 48.3 Å². The maximum atomic E-state index is 6.09. The van der Waals surface area contributed by atoms with Gasteiger partial charge in [-0.15, -0.1) is 0 Å². The molecular weight excluding hydrogens is 324 g/mol. The number of hydrogen-bond donors (Lipinski definition) is 0. The highest BCUT2D eigenvalue weighted by atomic mass is 17.2. The lowest BCUT2D eigenvalue weighted by atomic mass is 9.90. The van der Waals surface area contributed by atoms with Crippen LogP contribution in [0.15, 0.2) is 30.8 Å². The first-order chi connectivity index (χ1) is 12.8. The molecule has 0 bridgehead atoms. The Balaban J connectivity index is 1.36. The molecule has 3 nitrogen and oxygen atoms in total. The Labute approximate surface area is 157 Å². The van der Waals surface area contributed by atoms with Crippen LogP contribution in [0.2, 0.25) is 0 Å². The van der Waals surface area contributed by atoms with Gasteiger partial charge in [0, 0.05) is 12.8 Å². The molecule has 2 aliphatic carbocycles. The topological polar surface area (TPSA) is 27.7 Å². The molecule has 1 aromatic carbocycles. The van der Waals surface area contributed by atoms with E-state index >= 15 is 0 Å². The Morgan fingerprint density at radius 3 is 2.15 bits per heavy atom. The zero-order valence-electron chi connectivity index (χ0n) is 15.9. The fourth-order valence-corrected chi connectivity index (χ4v) is 4.67. The summed E-state index contributed by atoms with van der Waals surface area (Å²) in [5, 5.41) is 0. The van der Waals surface area contributed by atoms with Crippen molar-refractivity contribution in [3.8, 4) is 0 Å². The van der Waals surface area contributed by atoms with E-state index in [9.17, 15) is 0 Å². The van der Waals surface area contributed by atoms with E-state index in [1.165, 1.54) is 50.5 Å². The Bertz CT molecular complexity index is 582. The van der Waals surface area contributed by atoms with Gasteiger partial charge in [0.1, 0.15) is 6.10 Å². The Kier molecular flexibility index (Phi) is 5.78. The minimum absolute atomic E-state index is 0.216. The van der Waals surface area contributed by atoms with Gasteiger partial charge in [0.2, 0.25) is 5.79 Å². The first-order valence-electron chi connectivity index (χ1n) is 10.5. The van der Waals surface area contributed by atoms with Gasteiger partial charge < -0.3 is 4.74 Å². The molecule has 4 rings (SSSR count). The molecule has 26 heavy (non-hydrogen) atoms. The summed E-state index contributed by atoms with van der Waals surface area (Å²) in [7, 11) is 0. The van der Waals surface area contributed by atoms with Crippen LogP contribution in [0.5, 0.6) is 0 Å². The fourth-order valence-electron chi connectivity index (χ4n) is 4.67. The molecule has 1 atom stereocenters. The van der Waals surface area contributed by atoms with Crippen LogP contribution in [0.3, 0.4) is 0 Å². The molecule has 1 heterocycles. The van der Waals surface area contributed by atoms with Crippen molar-refractivity contribution in [3.05, 3.63) is 42.0 Å². The molecule has 3 fully saturated rings. The molecule has 0 radical (unpaired) electrons. The van der Waals surface area contributed by atoms with E-state index in [1.54, 1.807) is 0 Å². The fraction of sp³-hybridized carbons (Fsp3) is 0.652. The summed E-state index contributed by atoms with van der Waals surface area (Å²) in [4.78, 5) is 11.4. The molecule has 1 spiro atoms. The molecule has 1 aromatic rings. The zero-order chi connectivity index (χ0) is 17.8. The molecule has 2 saturated carbocycles. The highest BCUT2D eigenvalue weighted by molar-refractivity contribution is 5.67. The van der Waals surface area contributed by atoms with E-state index in [0.29, 0.717) is 6.61 Å². The highest BCUT2D eigenvalue weighted by Gasteiger charge is 2.41. The largest absolute Gasteiger partial charge is 0.344 e. The van der Waals surface area contributed by atoms with Crippen LogP contribution in [0, 0.1) is 0 Å². The van der Waals surface area contributed by atoms with E-state index in [4.69, 9.17) is 14.5 Å². The minimum Gasteiger partial charge on any atom is -0.344 e. The van der Waals surface area contributed by atoms with Crippen molar-refractivity contribution < 1.29 is 14.5 Å². The zero-order valence-corrected chi connectivity index (χ0v) is 15.9. The Morgan fingerprint density at radius 1 is 0.885 bits per heavy atom. The summed E-state index contributed by atoms with van der Waals surface area (Å²) in [6.45, 7) is 4.79. The summed E-state index contributed by atoms with van der Waals surface area (Å²) in [5.74, 6) is 0.224. The van der Waals surface area contributed by atoms with E-state index < -0.39 is 5.79 Å². The summed E-state index contributed by atoms with van der Waals surface area (Å²) in [6.07, 6.45) is 13.4.